The minimum atomic E-state index is -4.97. The number of aromatic nitrogens is 1. The van der Waals surface area contributed by atoms with Gasteiger partial charge < -0.3 is 14.8 Å². The van der Waals surface area contributed by atoms with Crippen molar-refractivity contribution in [2.75, 3.05) is 19.5 Å². The van der Waals surface area contributed by atoms with Crippen LogP contribution in [0, 0.1) is 11.8 Å². The molecule has 1 heterocycles. The Bertz CT molecular complexity index is 1240. The predicted octanol–water partition coefficient (Wildman–Crippen LogP) is 5.42. The maximum atomic E-state index is 12.8. The molecule has 1 aromatic heterocycles. The highest BCUT2D eigenvalue weighted by molar-refractivity contribution is 6.12. The van der Waals surface area contributed by atoms with E-state index in [1.165, 1.54) is 31.0 Å². The molecule has 8 heteroatoms. The number of ether oxygens (including phenoxy) is 2. The lowest BCUT2D eigenvalue weighted by molar-refractivity contribution is -0.167. The molecule has 168 valence electrons. The van der Waals surface area contributed by atoms with E-state index in [2.05, 4.69) is 4.98 Å². The smallest absolute Gasteiger partial charge is 0.471 e. The van der Waals surface area contributed by atoms with E-state index in [-0.39, 0.29) is 5.69 Å². The molecule has 1 saturated carbocycles. The molecule has 5 rings (SSSR count). The molecular weight excluding hydrogens is 421 g/mol. The molecule has 0 bridgehead atoms. The molecule has 0 aliphatic heterocycles. The number of halogens is 3. The van der Waals surface area contributed by atoms with Crippen molar-refractivity contribution >= 4 is 33.3 Å². The number of alkyl halides is 3. The monoisotopic (exact) mass is 444 g/mol. The van der Waals surface area contributed by atoms with Crippen LogP contribution in [0.15, 0.2) is 24.4 Å². The molecule has 1 amide bonds. The Hall–Kier alpha value is -3.03. The molecule has 0 saturated heterocycles. The van der Waals surface area contributed by atoms with Gasteiger partial charge in [0.15, 0.2) is 11.5 Å². The van der Waals surface area contributed by atoms with Gasteiger partial charge in [0.2, 0.25) is 0 Å². The van der Waals surface area contributed by atoms with Gasteiger partial charge >= 0.3 is 12.1 Å². The van der Waals surface area contributed by atoms with Crippen molar-refractivity contribution in [1.82, 2.24) is 4.98 Å². The van der Waals surface area contributed by atoms with E-state index in [4.69, 9.17) is 9.47 Å². The molecule has 2 atom stereocenters. The third kappa shape index (κ3) is 3.32. The molecule has 2 aliphatic carbocycles. The lowest BCUT2D eigenvalue weighted by Gasteiger charge is -2.30. The van der Waals surface area contributed by atoms with Crippen LogP contribution in [-0.2, 0) is 17.6 Å². The minimum Gasteiger partial charge on any atom is -0.493 e. The number of carbonyl (C=O) groups excluding carboxylic acids is 1. The van der Waals surface area contributed by atoms with Crippen molar-refractivity contribution in [3.8, 4) is 11.5 Å². The van der Waals surface area contributed by atoms with Gasteiger partial charge in [0, 0.05) is 5.39 Å². The summed E-state index contributed by atoms with van der Waals surface area (Å²) in [6, 6.07) is 5.36. The molecule has 2 aromatic carbocycles. The van der Waals surface area contributed by atoms with Gasteiger partial charge in [-0.3, -0.25) is 9.78 Å². The number of benzene rings is 2. The van der Waals surface area contributed by atoms with Crippen LogP contribution in [0.3, 0.4) is 0 Å². The zero-order chi connectivity index (χ0) is 22.6. The molecule has 1 N–H and O–H groups in total. The second-order valence-corrected chi connectivity index (χ2v) is 8.64. The fourth-order valence-electron chi connectivity index (χ4n) is 5.47. The van der Waals surface area contributed by atoms with E-state index >= 15 is 0 Å². The Morgan fingerprint density at radius 2 is 1.59 bits per heavy atom. The first-order chi connectivity index (χ1) is 15.3. The Morgan fingerprint density at radius 1 is 0.969 bits per heavy atom. The van der Waals surface area contributed by atoms with Crippen molar-refractivity contribution in [2.45, 2.75) is 38.3 Å². The number of pyridine rings is 1. The predicted molar refractivity (Wildman–Crippen MR) is 115 cm³/mol. The zero-order valence-electron chi connectivity index (χ0n) is 17.8. The number of hydrogen-bond acceptors (Lipinski definition) is 4. The number of fused-ring (bicyclic) bond motifs is 7. The summed E-state index contributed by atoms with van der Waals surface area (Å²) in [6.45, 7) is 0. The quantitative estimate of drug-likeness (QED) is 0.548. The lowest BCUT2D eigenvalue weighted by atomic mass is 9.75. The van der Waals surface area contributed by atoms with E-state index in [0.717, 1.165) is 34.7 Å². The third-order valence-corrected chi connectivity index (χ3v) is 6.94. The summed E-state index contributed by atoms with van der Waals surface area (Å²) in [5.41, 5.74) is 3.16. The lowest BCUT2D eigenvalue weighted by Crippen LogP contribution is -2.30. The number of carbonyl (C=O) groups is 1. The van der Waals surface area contributed by atoms with Crippen molar-refractivity contribution in [3.63, 3.8) is 0 Å². The van der Waals surface area contributed by atoms with Gasteiger partial charge in [-0.25, -0.2) is 0 Å². The van der Waals surface area contributed by atoms with Crippen LogP contribution in [0.4, 0.5) is 18.9 Å². The van der Waals surface area contributed by atoms with Gasteiger partial charge in [0.25, 0.3) is 0 Å². The SMILES string of the molecule is COc1cc2c3c(c4ncc(NC(=O)C(F)(F)F)cc4c2cc1OC)CC1CCCC1C3. The average molecular weight is 444 g/mol. The maximum Gasteiger partial charge on any atom is 0.471 e. The van der Waals surface area contributed by atoms with Crippen LogP contribution in [-0.4, -0.2) is 31.3 Å². The van der Waals surface area contributed by atoms with Gasteiger partial charge in [0.05, 0.1) is 31.6 Å². The number of nitrogens with one attached hydrogen (secondary N) is 1. The average Bonchev–Trinajstić information content (AvgIpc) is 3.24. The first-order valence-electron chi connectivity index (χ1n) is 10.7. The topological polar surface area (TPSA) is 60.5 Å². The second-order valence-electron chi connectivity index (χ2n) is 8.64. The number of amides is 1. The minimum absolute atomic E-state index is 0.00501. The van der Waals surface area contributed by atoms with E-state index < -0.39 is 12.1 Å². The fraction of sp³-hybridized carbons (Fsp3) is 0.417. The highest BCUT2D eigenvalue weighted by atomic mass is 19.4. The summed E-state index contributed by atoms with van der Waals surface area (Å²) in [4.78, 5) is 16.0. The number of hydrogen-bond donors (Lipinski definition) is 1. The summed E-state index contributed by atoms with van der Waals surface area (Å²) in [7, 11) is 3.12. The summed E-state index contributed by atoms with van der Waals surface area (Å²) in [5.74, 6) is 0.357. The normalized spacial score (nSPS) is 20.2. The van der Waals surface area contributed by atoms with Crippen molar-refractivity contribution in [3.05, 3.63) is 35.5 Å². The fourth-order valence-corrected chi connectivity index (χ4v) is 5.47. The Balaban J connectivity index is 1.76. The Morgan fingerprint density at radius 3 is 2.22 bits per heavy atom. The molecular formula is C24H23F3N2O3. The second kappa shape index (κ2) is 7.53. The molecule has 0 spiro atoms. The first-order valence-corrected chi connectivity index (χ1v) is 10.7. The van der Waals surface area contributed by atoms with Gasteiger partial charge in [-0.2, -0.15) is 13.2 Å². The van der Waals surface area contributed by atoms with Gasteiger partial charge in [-0.05, 0) is 77.6 Å². The van der Waals surface area contributed by atoms with E-state index in [1.54, 1.807) is 20.3 Å². The zero-order valence-corrected chi connectivity index (χ0v) is 17.8. The highest BCUT2D eigenvalue weighted by Crippen LogP contribution is 2.47. The molecule has 1 fully saturated rings. The summed E-state index contributed by atoms with van der Waals surface area (Å²) >= 11 is 0. The van der Waals surface area contributed by atoms with Crippen LogP contribution in [0.2, 0.25) is 0 Å². The third-order valence-electron chi connectivity index (χ3n) is 6.94. The van der Waals surface area contributed by atoms with Gasteiger partial charge in [-0.15, -0.1) is 0 Å². The largest absolute Gasteiger partial charge is 0.493 e. The number of anilines is 1. The summed E-state index contributed by atoms with van der Waals surface area (Å²) in [5, 5.41) is 4.43. The molecule has 0 radical (unpaired) electrons. The van der Waals surface area contributed by atoms with E-state index in [9.17, 15) is 18.0 Å². The van der Waals surface area contributed by atoms with Crippen LogP contribution in [0.1, 0.15) is 30.4 Å². The van der Waals surface area contributed by atoms with Crippen molar-refractivity contribution in [1.29, 1.82) is 0 Å². The Labute approximate surface area is 182 Å². The van der Waals surface area contributed by atoms with Gasteiger partial charge in [0.1, 0.15) is 0 Å². The molecule has 32 heavy (non-hydrogen) atoms. The van der Waals surface area contributed by atoms with Crippen LogP contribution < -0.4 is 14.8 Å². The van der Waals surface area contributed by atoms with Gasteiger partial charge in [-0.1, -0.05) is 6.42 Å². The number of methoxy groups -OCH3 is 2. The van der Waals surface area contributed by atoms with Crippen LogP contribution in [0.25, 0.3) is 21.7 Å². The number of nitrogens with zero attached hydrogens (tertiary/aromatic N) is 1. The Kier molecular flexibility index (Phi) is 4.91. The van der Waals surface area contributed by atoms with Crippen molar-refractivity contribution in [2.24, 2.45) is 11.8 Å². The van der Waals surface area contributed by atoms with Crippen LogP contribution in [0.5, 0.6) is 11.5 Å². The summed E-state index contributed by atoms with van der Waals surface area (Å²) in [6.07, 6.45) is 1.82. The molecule has 5 nitrogen and oxygen atoms in total. The number of rotatable bonds is 3. The molecule has 3 aromatic rings. The molecule has 2 aliphatic rings. The first kappa shape index (κ1) is 20.8. The standard InChI is InChI=1S/C24H23F3N2O3/c1-31-20-9-16-15-6-12-4-3-5-13(12)7-18(15)22-19(17(16)10-21(20)32-2)8-14(11-28-22)29-23(30)24(25,26)27/h8-13H,3-7H2,1-2H3,(H,29,30). The van der Waals surface area contributed by atoms with Crippen molar-refractivity contribution < 1.29 is 27.4 Å². The maximum absolute atomic E-state index is 12.8. The molecule has 2 unspecified atom stereocenters. The van der Waals surface area contributed by atoms with E-state index in [1.807, 2.05) is 17.4 Å². The van der Waals surface area contributed by atoms with Crippen LogP contribution >= 0.6 is 0 Å². The summed E-state index contributed by atoms with van der Waals surface area (Å²) < 4.78 is 49.3. The highest BCUT2D eigenvalue weighted by Gasteiger charge is 2.39. The van der Waals surface area contributed by atoms with E-state index in [0.29, 0.717) is 28.7 Å².